The Morgan fingerprint density at radius 2 is 0.782 bits per heavy atom. The number of benzene rings is 6. The smallest absolute Gasteiger partial charge is 0.656 e. The van der Waals surface area contributed by atoms with Crippen molar-refractivity contribution >= 4 is 92.4 Å². The summed E-state index contributed by atoms with van der Waals surface area (Å²) in [6.45, 7) is 14.6. The molecular formula is C67H52N6O4Zn. The molecule has 10 nitrogen and oxygen atoms in total. The molecular weight excluding hydrogens is 1020 g/mol. The van der Waals surface area contributed by atoms with Crippen LogP contribution in [0.25, 0.3) is 57.5 Å². The number of carbonyl (C=O) groups is 2. The van der Waals surface area contributed by atoms with Gasteiger partial charge in [-0.25, -0.2) is 19.6 Å². The van der Waals surface area contributed by atoms with Crippen LogP contribution < -0.4 is 19.8 Å². The largest absolute Gasteiger partial charge is 2.00 e. The molecule has 11 rings (SSSR count). The zero-order valence-corrected chi connectivity index (χ0v) is 47.3. The van der Waals surface area contributed by atoms with Crippen LogP contribution >= 0.6 is 0 Å². The second-order valence-corrected chi connectivity index (χ2v) is 19.8. The van der Waals surface area contributed by atoms with E-state index in [1.54, 1.807) is 0 Å². The van der Waals surface area contributed by atoms with E-state index in [2.05, 4.69) is 198 Å². The SMILES string of the molecule is Cc1ccc(N(c2ccc(C)cc2)c2c3nc(c(N(c4ccc(C)cc4)c4ccc(C)cc4)c4ccc([n-]4)c(-c4c(C)cc(C)cc4C)c4nc(c(C#Cc5cc(C(=O)O)cc(C(=O)O)c5)c5ccc2[n-]5)C=C4)C=C3)cc1.[Zn+2]. The molecule has 0 fully saturated rings. The monoisotopic (exact) mass is 1070 g/mol. The fourth-order valence-electron chi connectivity index (χ4n) is 10.1. The molecule has 0 unspecified atom stereocenters. The number of aryl methyl sites for hydroxylation is 7. The number of carboxylic acid groups (broad SMARTS) is 2. The molecule has 2 aliphatic rings. The van der Waals surface area contributed by atoms with Crippen molar-refractivity contribution < 1.29 is 39.3 Å². The van der Waals surface area contributed by atoms with E-state index in [-0.39, 0.29) is 36.2 Å². The average molecular weight is 1070 g/mol. The third kappa shape index (κ3) is 10.2. The van der Waals surface area contributed by atoms with Gasteiger partial charge in [-0.05, 0) is 162 Å². The number of anilines is 6. The van der Waals surface area contributed by atoms with Crippen molar-refractivity contribution in [3.05, 3.63) is 236 Å². The van der Waals surface area contributed by atoms with Gasteiger partial charge in [0.05, 0.1) is 45.3 Å². The first kappa shape index (κ1) is 52.1. The third-order valence-electron chi connectivity index (χ3n) is 13.9. The molecule has 6 aromatic carbocycles. The zero-order chi connectivity index (χ0) is 53.6. The fraction of sp³-hybridized carbons (Fsp3) is 0.104. The number of hydrogen-bond acceptors (Lipinski definition) is 6. The molecule has 8 bridgehead atoms. The second kappa shape index (κ2) is 21.3. The number of rotatable bonds is 9. The van der Waals surface area contributed by atoms with Gasteiger partial charge in [-0.3, -0.25) is 0 Å². The zero-order valence-electron chi connectivity index (χ0n) is 44.3. The summed E-state index contributed by atoms with van der Waals surface area (Å²) in [5, 5.41) is 20.0. The van der Waals surface area contributed by atoms with Crippen LogP contribution in [0.3, 0.4) is 0 Å². The van der Waals surface area contributed by atoms with E-state index in [0.29, 0.717) is 56.1 Å². The van der Waals surface area contributed by atoms with Gasteiger partial charge >= 0.3 is 31.4 Å². The minimum Gasteiger partial charge on any atom is -0.656 e. The molecule has 11 heteroatoms. The first-order chi connectivity index (χ1) is 37.1. The van der Waals surface area contributed by atoms with Crippen molar-refractivity contribution in [2.24, 2.45) is 0 Å². The van der Waals surface area contributed by atoms with Crippen LogP contribution in [0.2, 0.25) is 0 Å². The third-order valence-corrected chi connectivity index (χ3v) is 13.9. The van der Waals surface area contributed by atoms with Crippen molar-refractivity contribution in [1.82, 2.24) is 19.9 Å². The molecule has 376 valence electrons. The minimum atomic E-state index is -1.27. The first-order valence-corrected chi connectivity index (χ1v) is 25.3. The van der Waals surface area contributed by atoms with E-state index in [9.17, 15) is 19.8 Å². The van der Waals surface area contributed by atoms with Crippen molar-refractivity contribution in [3.63, 3.8) is 0 Å². The summed E-state index contributed by atoms with van der Waals surface area (Å²) in [5.74, 6) is 3.89. The van der Waals surface area contributed by atoms with Crippen LogP contribution in [-0.2, 0) is 19.5 Å². The molecule has 0 atom stereocenters. The summed E-state index contributed by atoms with van der Waals surface area (Å²) in [5.41, 5.74) is 19.8. The molecule has 3 aromatic heterocycles. The Morgan fingerprint density at radius 1 is 0.410 bits per heavy atom. The molecule has 2 aliphatic heterocycles. The average Bonchev–Trinajstić information content (AvgIpc) is 4.35. The molecule has 0 amide bonds. The van der Waals surface area contributed by atoms with E-state index in [4.69, 9.17) is 19.9 Å². The molecule has 5 heterocycles. The van der Waals surface area contributed by atoms with Crippen LogP contribution in [0.4, 0.5) is 34.1 Å². The summed E-state index contributed by atoms with van der Waals surface area (Å²) < 4.78 is 0. The molecule has 78 heavy (non-hydrogen) atoms. The maximum atomic E-state index is 12.3. The molecule has 0 saturated heterocycles. The number of carboxylic acids is 2. The maximum Gasteiger partial charge on any atom is 2.00 e. The van der Waals surface area contributed by atoms with Crippen LogP contribution in [-0.4, -0.2) is 32.1 Å². The Morgan fingerprint density at radius 3 is 1.22 bits per heavy atom. The number of aromatic carboxylic acids is 2. The topological polar surface area (TPSA) is 135 Å². The van der Waals surface area contributed by atoms with Crippen LogP contribution in [0.5, 0.6) is 0 Å². The van der Waals surface area contributed by atoms with Gasteiger partial charge in [0.25, 0.3) is 0 Å². The summed E-state index contributed by atoms with van der Waals surface area (Å²) in [7, 11) is 0. The second-order valence-electron chi connectivity index (χ2n) is 19.8. The van der Waals surface area contributed by atoms with Crippen molar-refractivity contribution in [1.29, 1.82) is 0 Å². The molecule has 0 saturated carbocycles. The summed E-state index contributed by atoms with van der Waals surface area (Å²) in [6.07, 6.45) is 7.99. The summed E-state index contributed by atoms with van der Waals surface area (Å²) in [6, 6.07) is 50.0. The van der Waals surface area contributed by atoms with Gasteiger partial charge in [-0.15, -0.1) is 22.1 Å². The number of fused-ring (bicyclic) bond motifs is 8. The van der Waals surface area contributed by atoms with Gasteiger partial charge in [0.15, 0.2) is 0 Å². The number of hydrogen-bond donors (Lipinski definition) is 2. The van der Waals surface area contributed by atoms with Gasteiger partial charge in [0.2, 0.25) is 0 Å². The predicted octanol–water partition coefficient (Wildman–Crippen LogP) is 15.5. The van der Waals surface area contributed by atoms with Crippen molar-refractivity contribution in [2.75, 3.05) is 9.80 Å². The number of nitrogens with zero attached hydrogens (tertiary/aromatic N) is 6. The Kier molecular flexibility index (Phi) is 14.3. The molecule has 2 N–H and O–H groups in total. The standard InChI is InChI=1S/C67H54N6O4.Zn/c1-39-8-17-49(18-9-39)72(50-19-10-40(2)11-20-50)64-58-30-27-55(69-58)53(25-16-46-36-47(66(74)75)38-48(37-46)67(76)77)54-26-28-56(68-54)63(62-44(6)34-43(5)35-45(62)7)57-29-31-59(70-57)65(61-33-32-60(64)71-61)73(51-21-12-41(3)13-22-51)52-23-14-42(4)15-24-52;/h8-15,17-24,26-38H,1-7H3,(H4,68,69,70,71,74,75,76,77);/q;+2/p-2. The normalized spacial score (nSPS) is 11.4. The predicted molar refractivity (Wildman–Crippen MR) is 311 cm³/mol. The van der Waals surface area contributed by atoms with Crippen LogP contribution in [0.1, 0.15) is 93.6 Å². The van der Waals surface area contributed by atoms with Crippen molar-refractivity contribution in [3.8, 4) is 23.0 Å². The molecule has 0 radical (unpaired) electrons. The Hall–Kier alpha value is -9.36. The van der Waals surface area contributed by atoms with E-state index in [1.165, 1.54) is 12.1 Å². The van der Waals surface area contributed by atoms with Gasteiger partial charge in [0, 0.05) is 33.9 Å². The van der Waals surface area contributed by atoms with E-state index < -0.39 is 11.9 Å². The Balaban J connectivity index is 0.00000688. The molecule has 9 aromatic rings. The molecule has 0 spiro atoms. The Bertz CT molecular complexity index is 4030. The van der Waals surface area contributed by atoms with Gasteiger partial charge in [-0.2, -0.15) is 0 Å². The summed E-state index contributed by atoms with van der Waals surface area (Å²) in [4.78, 5) is 51.1. The van der Waals surface area contributed by atoms with Gasteiger partial charge < -0.3 is 30.0 Å². The minimum absolute atomic E-state index is 0. The first-order valence-electron chi connectivity index (χ1n) is 25.3. The fourth-order valence-corrected chi connectivity index (χ4v) is 10.1. The summed E-state index contributed by atoms with van der Waals surface area (Å²) >= 11 is 0. The quantitative estimate of drug-likeness (QED) is 0.106. The van der Waals surface area contributed by atoms with Crippen molar-refractivity contribution in [2.45, 2.75) is 48.5 Å². The number of aromatic nitrogens is 4. The maximum absolute atomic E-state index is 12.3. The van der Waals surface area contributed by atoms with E-state index >= 15 is 0 Å². The molecule has 0 aliphatic carbocycles. The van der Waals surface area contributed by atoms with Crippen LogP contribution in [0.15, 0.2) is 152 Å². The van der Waals surface area contributed by atoms with Gasteiger partial charge in [-0.1, -0.05) is 125 Å². The van der Waals surface area contributed by atoms with Crippen LogP contribution in [0, 0.1) is 60.3 Å². The van der Waals surface area contributed by atoms with E-state index in [1.807, 2.05) is 30.4 Å². The van der Waals surface area contributed by atoms with Gasteiger partial charge in [0.1, 0.15) is 0 Å². The Labute approximate surface area is 465 Å². The van der Waals surface area contributed by atoms with E-state index in [0.717, 1.165) is 84.6 Å².